The maximum atomic E-state index is 5.95. The van der Waals surface area contributed by atoms with E-state index >= 15 is 0 Å². The van der Waals surface area contributed by atoms with E-state index in [1.54, 1.807) is 17.4 Å². The van der Waals surface area contributed by atoms with Gasteiger partial charge in [-0.15, -0.1) is 26.3 Å². The highest BCUT2D eigenvalue weighted by Crippen LogP contribution is 2.22. The summed E-state index contributed by atoms with van der Waals surface area (Å²) in [5.41, 5.74) is 7.38. The molecule has 0 amide bonds. The van der Waals surface area contributed by atoms with Crippen molar-refractivity contribution < 1.29 is 0 Å². The summed E-state index contributed by atoms with van der Waals surface area (Å²) in [6, 6.07) is 9.34. The first-order chi connectivity index (χ1) is 9.28. The molecule has 0 aliphatic carbocycles. The predicted molar refractivity (Wildman–Crippen MR) is 75.4 cm³/mol. The molecule has 0 fully saturated rings. The fourth-order valence-corrected chi connectivity index (χ4v) is 2.58. The van der Waals surface area contributed by atoms with Crippen molar-refractivity contribution in [3.05, 3.63) is 46.3 Å². The van der Waals surface area contributed by atoms with Crippen LogP contribution in [0.5, 0.6) is 0 Å². The van der Waals surface area contributed by atoms with Gasteiger partial charge in [0.2, 0.25) is 5.82 Å². The van der Waals surface area contributed by atoms with Crippen molar-refractivity contribution in [1.82, 2.24) is 20.2 Å². The number of hydrogen-bond donors (Lipinski definition) is 1. The minimum Gasteiger partial charge on any atom is -0.326 e. The second kappa shape index (κ2) is 5.08. The first-order valence-corrected chi connectivity index (χ1v) is 6.86. The van der Waals surface area contributed by atoms with Crippen molar-refractivity contribution >= 4 is 22.9 Å². The summed E-state index contributed by atoms with van der Waals surface area (Å²) in [7, 11) is 0. The molecular weight excluding hydrogens is 282 g/mol. The van der Waals surface area contributed by atoms with Gasteiger partial charge < -0.3 is 5.73 Å². The lowest BCUT2D eigenvalue weighted by Crippen LogP contribution is -2.07. The Kier molecular flexibility index (Phi) is 3.29. The molecule has 3 rings (SSSR count). The highest BCUT2D eigenvalue weighted by molar-refractivity contribution is 7.13. The van der Waals surface area contributed by atoms with Crippen LogP contribution in [0.25, 0.3) is 16.4 Å². The lowest BCUT2D eigenvalue weighted by molar-refractivity contribution is 0.711. The lowest BCUT2D eigenvalue weighted by atomic mass is 10.2. The zero-order valence-corrected chi connectivity index (χ0v) is 11.4. The lowest BCUT2D eigenvalue weighted by Gasteiger charge is -2.05. The van der Waals surface area contributed by atoms with Crippen LogP contribution < -0.4 is 5.73 Å². The molecule has 2 heterocycles. The van der Waals surface area contributed by atoms with Crippen molar-refractivity contribution in [3.8, 4) is 16.4 Å². The van der Waals surface area contributed by atoms with E-state index in [4.69, 9.17) is 17.3 Å². The van der Waals surface area contributed by atoms with Gasteiger partial charge in [-0.25, -0.2) is 0 Å². The maximum Gasteiger partial charge on any atom is 0.215 e. The number of benzene rings is 1. The number of aromatic nitrogens is 4. The van der Waals surface area contributed by atoms with Crippen LogP contribution in [0.1, 0.15) is 5.56 Å². The van der Waals surface area contributed by atoms with E-state index in [9.17, 15) is 0 Å². The number of tetrazole rings is 1. The van der Waals surface area contributed by atoms with Crippen LogP contribution in [-0.4, -0.2) is 20.2 Å². The molecule has 0 radical (unpaired) electrons. The van der Waals surface area contributed by atoms with Gasteiger partial charge in [-0.1, -0.05) is 17.7 Å². The van der Waals surface area contributed by atoms with Crippen molar-refractivity contribution in [2.75, 3.05) is 0 Å². The van der Waals surface area contributed by atoms with Gasteiger partial charge >= 0.3 is 0 Å². The van der Waals surface area contributed by atoms with Crippen LogP contribution in [-0.2, 0) is 6.54 Å². The third kappa shape index (κ3) is 2.37. The van der Waals surface area contributed by atoms with Crippen LogP contribution in [0, 0.1) is 0 Å². The van der Waals surface area contributed by atoms with E-state index in [1.165, 1.54) is 4.80 Å². The summed E-state index contributed by atoms with van der Waals surface area (Å²) in [4.78, 5) is 2.46. The van der Waals surface area contributed by atoms with Crippen LogP contribution in [0.2, 0.25) is 5.02 Å². The first-order valence-electron chi connectivity index (χ1n) is 5.60. The number of hydrogen-bond acceptors (Lipinski definition) is 5. The van der Waals surface area contributed by atoms with Gasteiger partial charge in [0, 0.05) is 11.6 Å². The zero-order valence-electron chi connectivity index (χ0n) is 9.82. The van der Waals surface area contributed by atoms with E-state index in [0.717, 1.165) is 16.1 Å². The third-order valence-electron chi connectivity index (χ3n) is 2.63. The monoisotopic (exact) mass is 291 g/mol. The fourth-order valence-electron chi connectivity index (χ4n) is 1.73. The average molecular weight is 292 g/mol. The van der Waals surface area contributed by atoms with Crippen molar-refractivity contribution in [2.24, 2.45) is 5.73 Å². The first kappa shape index (κ1) is 12.3. The molecule has 0 unspecified atom stereocenters. The molecule has 0 saturated carbocycles. The van der Waals surface area contributed by atoms with Crippen LogP contribution >= 0.6 is 22.9 Å². The minimum atomic E-state index is 0.367. The summed E-state index contributed by atoms with van der Waals surface area (Å²) in [6.07, 6.45) is 0. The van der Waals surface area contributed by atoms with Crippen LogP contribution in [0.4, 0.5) is 0 Å². The van der Waals surface area contributed by atoms with Gasteiger partial charge in [0.15, 0.2) is 0 Å². The molecule has 3 aromatic rings. The Morgan fingerprint density at radius 3 is 2.95 bits per heavy atom. The molecule has 0 bridgehead atoms. The largest absolute Gasteiger partial charge is 0.326 e. The van der Waals surface area contributed by atoms with E-state index in [1.807, 2.05) is 29.6 Å². The molecule has 2 aromatic heterocycles. The predicted octanol–water partition coefficient (Wildman–Crippen LogP) is 2.50. The molecule has 0 saturated heterocycles. The van der Waals surface area contributed by atoms with E-state index in [2.05, 4.69) is 15.4 Å². The molecule has 0 atom stereocenters. The third-order valence-corrected chi connectivity index (χ3v) is 3.73. The maximum absolute atomic E-state index is 5.95. The molecule has 1 aromatic carbocycles. The van der Waals surface area contributed by atoms with Crippen molar-refractivity contribution in [2.45, 2.75) is 6.54 Å². The molecule has 0 spiro atoms. The van der Waals surface area contributed by atoms with E-state index in [0.29, 0.717) is 17.4 Å². The van der Waals surface area contributed by atoms with Gasteiger partial charge in [0.05, 0.1) is 10.6 Å². The molecule has 19 heavy (non-hydrogen) atoms. The van der Waals surface area contributed by atoms with Gasteiger partial charge in [0.1, 0.15) is 0 Å². The molecule has 0 aliphatic heterocycles. The molecular formula is C12H10ClN5S. The molecule has 7 heteroatoms. The quantitative estimate of drug-likeness (QED) is 0.805. The highest BCUT2D eigenvalue weighted by Gasteiger charge is 2.11. The van der Waals surface area contributed by atoms with E-state index in [-0.39, 0.29) is 0 Å². The number of rotatable bonds is 3. The number of halogens is 1. The standard InChI is InChI=1S/C12H10ClN5S/c13-9-3-4-10(8(6-9)7-14)18-16-12(15-17-18)11-2-1-5-19-11/h1-6H,7,14H2. The van der Waals surface area contributed by atoms with Crippen LogP contribution in [0.3, 0.4) is 0 Å². The summed E-state index contributed by atoms with van der Waals surface area (Å²) in [5.74, 6) is 0.605. The molecule has 5 nitrogen and oxygen atoms in total. The van der Waals surface area contributed by atoms with Gasteiger partial charge in [0.25, 0.3) is 0 Å². The zero-order chi connectivity index (χ0) is 13.2. The fraction of sp³-hybridized carbons (Fsp3) is 0.0833. The normalized spacial score (nSPS) is 10.8. The Balaban J connectivity index is 2.03. The Bertz CT molecular complexity index is 692. The molecule has 2 N–H and O–H groups in total. The summed E-state index contributed by atoms with van der Waals surface area (Å²) < 4.78 is 0. The van der Waals surface area contributed by atoms with Crippen molar-refractivity contribution in [1.29, 1.82) is 0 Å². The average Bonchev–Trinajstić information content (AvgIpc) is 3.09. The highest BCUT2D eigenvalue weighted by atomic mass is 35.5. The smallest absolute Gasteiger partial charge is 0.215 e. The number of thiophene rings is 1. The molecule has 0 aliphatic rings. The Hall–Kier alpha value is -1.76. The summed E-state index contributed by atoms with van der Waals surface area (Å²) in [6.45, 7) is 0.367. The van der Waals surface area contributed by atoms with Crippen molar-refractivity contribution in [3.63, 3.8) is 0 Å². The number of nitrogens with two attached hydrogens (primary N) is 1. The van der Waals surface area contributed by atoms with Gasteiger partial charge in [-0.05, 0) is 40.4 Å². The second-order valence-electron chi connectivity index (χ2n) is 3.86. The Morgan fingerprint density at radius 1 is 1.32 bits per heavy atom. The summed E-state index contributed by atoms with van der Waals surface area (Å²) >= 11 is 7.52. The SMILES string of the molecule is NCc1cc(Cl)ccc1-n1nnc(-c2cccs2)n1. The van der Waals surface area contributed by atoms with Gasteiger partial charge in [-0.2, -0.15) is 0 Å². The summed E-state index contributed by atoms with van der Waals surface area (Å²) in [5, 5.41) is 15.1. The minimum absolute atomic E-state index is 0.367. The van der Waals surface area contributed by atoms with Gasteiger partial charge in [-0.3, -0.25) is 0 Å². The second-order valence-corrected chi connectivity index (χ2v) is 5.24. The topological polar surface area (TPSA) is 69.6 Å². The van der Waals surface area contributed by atoms with E-state index < -0.39 is 0 Å². The van der Waals surface area contributed by atoms with Crippen LogP contribution in [0.15, 0.2) is 35.7 Å². The molecule has 96 valence electrons. The Labute approximate surface area is 118 Å². The Morgan fingerprint density at radius 2 is 2.21 bits per heavy atom. The number of nitrogens with zero attached hydrogens (tertiary/aromatic N) is 4.